The maximum Gasteiger partial charge on any atom is 0.235 e. The zero-order valence-electron chi connectivity index (χ0n) is 18.9. The van der Waals surface area contributed by atoms with Crippen molar-refractivity contribution >= 4 is 45.6 Å². The SMILES string of the molecule is Cc1ccc(Nc2nnc(SCC(=O)Nc3cc(-c4ccccc4)nn3-c3ccccc3)s2)cc1. The third-order valence-electron chi connectivity index (χ3n) is 5.08. The number of nitrogens with zero attached hydrogens (tertiary/aromatic N) is 4. The summed E-state index contributed by atoms with van der Waals surface area (Å²) in [6.45, 7) is 2.05. The third-order valence-corrected chi connectivity index (χ3v) is 7.06. The Kier molecular flexibility index (Phi) is 6.87. The van der Waals surface area contributed by atoms with Crippen LogP contribution in [0.2, 0.25) is 0 Å². The highest BCUT2D eigenvalue weighted by atomic mass is 32.2. The number of anilines is 3. The summed E-state index contributed by atoms with van der Waals surface area (Å²) < 4.78 is 2.47. The van der Waals surface area contributed by atoms with Gasteiger partial charge in [0.15, 0.2) is 4.34 Å². The first-order valence-corrected chi connectivity index (χ1v) is 12.7. The van der Waals surface area contributed by atoms with Crippen LogP contribution in [0.4, 0.5) is 16.6 Å². The maximum absolute atomic E-state index is 12.8. The number of rotatable bonds is 8. The van der Waals surface area contributed by atoms with Crippen molar-refractivity contribution in [1.29, 1.82) is 0 Å². The second kappa shape index (κ2) is 10.5. The fraction of sp³-hybridized carbons (Fsp3) is 0.0769. The quantitative estimate of drug-likeness (QED) is 0.249. The van der Waals surface area contributed by atoms with Crippen LogP contribution in [0.3, 0.4) is 0 Å². The molecule has 174 valence electrons. The molecule has 2 heterocycles. The van der Waals surface area contributed by atoms with Gasteiger partial charge in [0.2, 0.25) is 11.0 Å². The van der Waals surface area contributed by atoms with Gasteiger partial charge in [-0.15, -0.1) is 10.2 Å². The van der Waals surface area contributed by atoms with E-state index in [1.807, 2.05) is 97.9 Å². The van der Waals surface area contributed by atoms with Crippen molar-refractivity contribution in [2.75, 3.05) is 16.4 Å². The van der Waals surface area contributed by atoms with Gasteiger partial charge in [-0.2, -0.15) is 5.10 Å². The number of para-hydroxylation sites is 1. The van der Waals surface area contributed by atoms with Crippen LogP contribution in [0, 0.1) is 6.92 Å². The Morgan fingerprint density at radius 2 is 1.66 bits per heavy atom. The number of carbonyl (C=O) groups is 1. The number of nitrogens with one attached hydrogen (secondary N) is 2. The van der Waals surface area contributed by atoms with E-state index in [0.29, 0.717) is 10.9 Å². The molecule has 0 aliphatic carbocycles. The second-order valence-electron chi connectivity index (χ2n) is 7.73. The predicted molar refractivity (Wildman–Crippen MR) is 143 cm³/mol. The van der Waals surface area contributed by atoms with E-state index in [0.717, 1.165) is 27.0 Å². The van der Waals surface area contributed by atoms with E-state index in [9.17, 15) is 4.79 Å². The Morgan fingerprint density at radius 3 is 2.40 bits per heavy atom. The van der Waals surface area contributed by atoms with Crippen LogP contribution in [0.15, 0.2) is 95.3 Å². The predicted octanol–water partition coefficient (Wildman–Crippen LogP) is 6.17. The molecule has 0 saturated carbocycles. The highest BCUT2D eigenvalue weighted by molar-refractivity contribution is 8.01. The van der Waals surface area contributed by atoms with Gasteiger partial charge in [-0.05, 0) is 31.2 Å². The molecule has 0 aliphatic rings. The summed E-state index contributed by atoms with van der Waals surface area (Å²) in [5.74, 6) is 0.675. The van der Waals surface area contributed by atoms with Crippen molar-refractivity contribution in [1.82, 2.24) is 20.0 Å². The van der Waals surface area contributed by atoms with Gasteiger partial charge in [0.25, 0.3) is 0 Å². The van der Waals surface area contributed by atoms with Crippen LogP contribution in [-0.4, -0.2) is 31.6 Å². The summed E-state index contributed by atoms with van der Waals surface area (Å²) in [6, 6.07) is 29.6. The molecule has 5 aromatic rings. The number of aryl methyl sites for hydroxylation is 1. The Morgan fingerprint density at radius 1 is 0.943 bits per heavy atom. The largest absolute Gasteiger partial charge is 0.330 e. The van der Waals surface area contributed by atoms with Crippen LogP contribution in [0.25, 0.3) is 16.9 Å². The molecule has 0 radical (unpaired) electrons. The fourth-order valence-corrected chi connectivity index (χ4v) is 4.94. The van der Waals surface area contributed by atoms with Gasteiger partial charge >= 0.3 is 0 Å². The number of hydrogen-bond acceptors (Lipinski definition) is 7. The summed E-state index contributed by atoms with van der Waals surface area (Å²) in [7, 11) is 0. The Hall–Kier alpha value is -3.95. The molecule has 35 heavy (non-hydrogen) atoms. The van der Waals surface area contributed by atoms with E-state index in [-0.39, 0.29) is 11.7 Å². The van der Waals surface area contributed by atoms with Crippen molar-refractivity contribution in [2.45, 2.75) is 11.3 Å². The van der Waals surface area contributed by atoms with E-state index >= 15 is 0 Å². The summed E-state index contributed by atoms with van der Waals surface area (Å²) >= 11 is 2.76. The van der Waals surface area contributed by atoms with Crippen molar-refractivity contribution in [3.8, 4) is 16.9 Å². The summed E-state index contributed by atoms with van der Waals surface area (Å²) in [6.07, 6.45) is 0. The summed E-state index contributed by atoms with van der Waals surface area (Å²) in [5, 5.41) is 20.0. The van der Waals surface area contributed by atoms with Crippen molar-refractivity contribution in [3.05, 3.63) is 96.6 Å². The molecular formula is C26H22N6OS2. The van der Waals surface area contributed by atoms with Gasteiger partial charge in [0.1, 0.15) is 5.82 Å². The number of thioether (sulfide) groups is 1. The molecule has 0 aliphatic heterocycles. The molecule has 1 amide bonds. The van der Waals surface area contributed by atoms with Crippen LogP contribution < -0.4 is 10.6 Å². The number of amides is 1. The lowest BCUT2D eigenvalue weighted by Gasteiger charge is -2.08. The van der Waals surface area contributed by atoms with Crippen LogP contribution in [0.1, 0.15) is 5.56 Å². The minimum Gasteiger partial charge on any atom is -0.330 e. The minimum atomic E-state index is -0.144. The average Bonchev–Trinajstić information content (AvgIpc) is 3.52. The Bertz CT molecular complexity index is 1420. The number of benzene rings is 3. The summed E-state index contributed by atoms with van der Waals surface area (Å²) in [4.78, 5) is 12.8. The van der Waals surface area contributed by atoms with E-state index < -0.39 is 0 Å². The fourth-order valence-electron chi connectivity index (χ4n) is 3.37. The third kappa shape index (κ3) is 5.76. The standard InChI is InChI=1S/C26H22N6OS2/c1-18-12-14-20(15-13-18)27-25-29-30-26(35-25)34-17-24(33)28-23-16-22(19-8-4-2-5-9-19)31-32(23)21-10-6-3-7-11-21/h2-16H,17H2,1H3,(H,27,29)(H,28,33). The topological polar surface area (TPSA) is 84.7 Å². The van der Waals surface area contributed by atoms with Gasteiger partial charge in [0.05, 0.1) is 17.1 Å². The van der Waals surface area contributed by atoms with Crippen LogP contribution >= 0.6 is 23.1 Å². The lowest BCUT2D eigenvalue weighted by molar-refractivity contribution is -0.113. The molecule has 0 atom stereocenters. The van der Waals surface area contributed by atoms with Crippen molar-refractivity contribution < 1.29 is 4.79 Å². The minimum absolute atomic E-state index is 0.144. The van der Waals surface area contributed by atoms with Gasteiger partial charge in [-0.1, -0.05) is 89.3 Å². The highest BCUT2D eigenvalue weighted by Crippen LogP contribution is 2.29. The molecule has 0 unspecified atom stereocenters. The summed E-state index contributed by atoms with van der Waals surface area (Å²) in [5.41, 5.74) is 4.78. The number of aromatic nitrogens is 4. The molecule has 2 aromatic heterocycles. The van der Waals surface area contributed by atoms with Crippen LogP contribution in [0.5, 0.6) is 0 Å². The van der Waals surface area contributed by atoms with E-state index in [1.54, 1.807) is 4.68 Å². The lowest BCUT2D eigenvalue weighted by atomic mass is 10.2. The smallest absolute Gasteiger partial charge is 0.235 e. The molecular weight excluding hydrogens is 476 g/mol. The molecule has 0 bridgehead atoms. The highest BCUT2D eigenvalue weighted by Gasteiger charge is 2.15. The van der Waals surface area contributed by atoms with Crippen molar-refractivity contribution in [2.24, 2.45) is 0 Å². The lowest BCUT2D eigenvalue weighted by Crippen LogP contribution is -2.16. The second-order valence-corrected chi connectivity index (χ2v) is 9.93. The van der Waals surface area contributed by atoms with Gasteiger partial charge in [-0.25, -0.2) is 4.68 Å². The zero-order valence-corrected chi connectivity index (χ0v) is 20.5. The van der Waals surface area contributed by atoms with E-state index in [4.69, 9.17) is 5.10 Å². The molecule has 7 nitrogen and oxygen atoms in total. The van der Waals surface area contributed by atoms with Gasteiger partial charge < -0.3 is 10.6 Å². The average molecular weight is 499 g/mol. The molecule has 0 saturated heterocycles. The first kappa shape index (κ1) is 22.8. The number of hydrogen-bond donors (Lipinski definition) is 2. The van der Waals surface area contributed by atoms with E-state index in [2.05, 4.69) is 20.8 Å². The Labute approximate surface area is 211 Å². The molecule has 0 fully saturated rings. The van der Waals surface area contributed by atoms with Crippen LogP contribution in [-0.2, 0) is 4.79 Å². The molecule has 0 spiro atoms. The van der Waals surface area contributed by atoms with Gasteiger partial charge in [-0.3, -0.25) is 4.79 Å². The van der Waals surface area contributed by atoms with Gasteiger partial charge in [0, 0.05) is 17.3 Å². The molecule has 9 heteroatoms. The molecule has 5 rings (SSSR count). The monoisotopic (exact) mass is 498 g/mol. The molecule has 2 N–H and O–H groups in total. The van der Waals surface area contributed by atoms with Crippen molar-refractivity contribution in [3.63, 3.8) is 0 Å². The molecule has 3 aromatic carbocycles. The normalized spacial score (nSPS) is 10.8. The maximum atomic E-state index is 12.8. The number of carbonyl (C=O) groups excluding carboxylic acids is 1. The zero-order chi connectivity index (χ0) is 24.0. The Balaban J connectivity index is 1.26. The first-order valence-electron chi connectivity index (χ1n) is 10.9. The van der Waals surface area contributed by atoms with E-state index in [1.165, 1.54) is 28.7 Å². The first-order chi connectivity index (χ1) is 17.1.